The van der Waals surface area contributed by atoms with Gasteiger partial charge in [0.1, 0.15) is 0 Å². The Balaban J connectivity index is 1.58. The van der Waals surface area contributed by atoms with Gasteiger partial charge in [0.05, 0.1) is 18.3 Å². The molecule has 0 bridgehead atoms. The molecule has 4 aromatic rings. The third kappa shape index (κ3) is 4.75. The number of rotatable bonds is 7. The van der Waals surface area contributed by atoms with Crippen LogP contribution in [0, 0.1) is 6.92 Å². The monoisotopic (exact) mass is 438 g/mol. The number of aliphatic hydroxyl groups is 1. The van der Waals surface area contributed by atoms with Gasteiger partial charge in [-0.2, -0.15) is 0 Å². The fourth-order valence-corrected chi connectivity index (χ4v) is 5.34. The SMILES string of the molecule is Cc1ccc2c(c1)c(-c1ccccc1)c(-c1ccccc1)n2C[C@@H](O)CNC1CCCCC1. The Labute approximate surface area is 197 Å². The van der Waals surface area contributed by atoms with E-state index in [9.17, 15) is 5.11 Å². The maximum atomic E-state index is 11.1. The van der Waals surface area contributed by atoms with E-state index in [2.05, 4.69) is 95.7 Å². The van der Waals surface area contributed by atoms with Gasteiger partial charge < -0.3 is 15.0 Å². The van der Waals surface area contributed by atoms with E-state index in [1.807, 2.05) is 0 Å². The summed E-state index contributed by atoms with van der Waals surface area (Å²) in [6.07, 6.45) is 5.95. The molecule has 1 fully saturated rings. The standard InChI is InChI=1S/C30H34N2O/c1-22-17-18-28-27(19-22)29(23-11-5-2-6-12-23)30(24-13-7-3-8-14-24)32(28)21-26(33)20-31-25-15-9-4-10-16-25/h2-3,5-8,11-14,17-19,25-26,31,33H,4,9-10,15-16,20-21H2,1H3/t26-/m0/s1. The van der Waals surface area contributed by atoms with Crippen LogP contribution in [0.15, 0.2) is 78.9 Å². The molecule has 0 amide bonds. The quantitative estimate of drug-likeness (QED) is 0.342. The topological polar surface area (TPSA) is 37.2 Å². The number of nitrogens with zero attached hydrogens (tertiary/aromatic N) is 1. The van der Waals surface area contributed by atoms with E-state index >= 15 is 0 Å². The van der Waals surface area contributed by atoms with Crippen molar-refractivity contribution in [2.45, 2.75) is 57.7 Å². The van der Waals surface area contributed by atoms with Crippen LogP contribution >= 0.6 is 0 Å². The molecule has 33 heavy (non-hydrogen) atoms. The summed E-state index contributed by atoms with van der Waals surface area (Å²) < 4.78 is 2.33. The van der Waals surface area contributed by atoms with Crippen LogP contribution in [-0.2, 0) is 6.54 Å². The number of fused-ring (bicyclic) bond motifs is 1. The van der Waals surface area contributed by atoms with Crippen LogP contribution in [-0.4, -0.2) is 28.4 Å². The summed E-state index contributed by atoms with van der Waals surface area (Å²) in [6.45, 7) is 3.35. The van der Waals surface area contributed by atoms with Crippen molar-refractivity contribution >= 4 is 10.9 Å². The van der Waals surface area contributed by atoms with Crippen LogP contribution in [0.1, 0.15) is 37.7 Å². The Bertz CT molecular complexity index is 1190. The molecule has 0 radical (unpaired) electrons. The van der Waals surface area contributed by atoms with Crippen LogP contribution in [0.3, 0.4) is 0 Å². The summed E-state index contributed by atoms with van der Waals surface area (Å²) in [7, 11) is 0. The fraction of sp³-hybridized carbons (Fsp3) is 0.333. The van der Waals surface area contributed by atoms with Gasteiger partial charge in [-0.05, 0) is 43.0 Å². The Kier molecular flexibility index (Phi) is 6.61. The molecule has 1 atom stereocenters. The number of hydrogen-bond donors (Lipinski definition) is 2. The number of aromatic nitrogens is 1. The minimum atomic E-state index is -0.449. The zero-order valence-corrected chi connectivity index (χ0v) is 19.5. The molecule has 0 aliphatic heterocycles. The predicted molar refractivity (Wildman–Crippen MR) is 138 cm³/mol. The minimum absolute atomic E-state index is 0.449. The van der Waals surface area contributed by atoms with E-state index in [1.54, 1.807) is 0 Å². The van der Waals surface area contributed by atoms with Gasteiger partial charge in [0.25, 0.3) is 0 Å². The van der Waals surface area contributed by atoms with Gasteiger partial charge >= 0.3 is 0 Å². The first-order chi connectivity index (χ1) is 16.2. The first-order valence-electron chi connectivity index (χ1n) is 12.4. The molecule has 1 aliphatic carbocycles. The zero-order chi connectivity index (χ0) is 22.6. The largest absolute Gasteiger partial charge is 0.390 e. The number of aliphatic hydroxyl groups excluding tert-OH is 1. The van der Waals surface area contributed by atoms with Crippen LogP contribution < -0.4 is 5.32 Å². The van der Waals surface area contributed by atoms with Crippen molar-refractivity contribution in [3.8, 4) is 22.4 Å². The molecular formula is C30H34N2O. The van der Waals surface area contributed by atoms with Gasteiger partial charge in [-0.15, -0.1) is 0 Å². The molecule has 170 valence electrons. The zero-order valence-electron chi connectivity index (χ0n) is 19.5. The predicted octanol–water partition coefficient (Wildman–Crippen LogP) is 6.57. The molecule has 3 nitrogen and oxygen atoms in total. The van der Waals surface area contributed by atoms with Crippen molar-refractivity contribution in [3.05, 3.63) is 84.4 Å². The molecule has 5 rings (SSSR count). The molecule has 0 spiro atoms. The third-order valence-corrected chi connectivity index (χ3v) is 6.97. The van der Waals surface area contributed by atoms with E-state index in [-0.39, 0.29) is 0 Å². The lowest BCUT2D eigenvalue weighted by molar-refractivity contribution is 0.146. The number of aryl methyl sites for hydroxylation is 1. The van der Waals surface area contributed by atoms with Gasteiger partial charge in [-0.1, -0.05) is 91.6 Å². The highest BCUT2D eigenvalue weighted by atomic mass is 16.3. The summed E-state index contributed by atoms with van der Waals surface area (Å²) in [4.78, 5) is 0. The molecule has 0 saturated heterocycles. The van der Waals surface area contributed by atoms with Crippen molar-refractivity contribution in [2.24, 2.45) is 0 Å². The molecule has 1 aliphatic rings. The van der Waals surface area contributed by atoms with Crippen molar-refractivity contribution in [2.75, 3.05) is 6.54 Å². The Morgan fingerprint density at radius 1 is 0.879 bits per heavy atom. The van der Waals surface area contributed by atoms with Gasteiger partial charge in [0.2, 0.25) is 0 Å². The van der Waals surface area contributed by atoms with Crippen LogP contribution in [0.2, 0.25) is 0 Å². The van der Waals surface area contributed by atoms with E-state index in [0.717, 1.165) is 0 Å². The van der Waals surface area contributed by atoms with Gasteiger partial charge in [-0.3, -0.25) is 0 Å². The first kappa shape index (κ1) is 21.9. The summed E-state index contributed by atoms with van der Waals surface area (Å²) in [5.41, 5.74) is 7.23. The lowest BCUT2D eigenvalue weighted by atomic mass is 9.95. The Morgan fingerprint density at radius 3 is 2.24 bits per heavy atom. The van der Waals surface area contributed by atoms with Gasteiger partial charge in [0, 0.05) is 29.1 Å². The lowest BCUT2D eigenvalue weighted by Crippen LogP contribution is -2.38. The van der Waals surface area contributed by atoms with Crippen molar-refractivity contribution in [1.82, 2.24) is 9.88 Å². The molecule has 1 saturated carbocycles. The summed E-state index contributed by atoms with van der Waals surface area (Å²) in [5, 5.41) is 16.0. The molecule has 2 N–H and O–H groups in total. The second kappa shape index (κ2) is 9.94. The highest BCUT2D eigenvalue weighted by Gasteiger charge is 2.22. The smallest absolute Gasteiger partial charge is 0.0843 e. The van der Waals surface area contributed by atoms with Crippen LogP contribution in [0.4, 0.5) is 0 Å². The van der Waals surface area contributed by atoms with Gasteiger partial charge in [-0.25, -0.2) is 0 Å². The van der Waals surface area contributed by atoms with Crippen LogP contribution in [0.5, 0.6) is 0 Å². The molecular weight excluding hydrogens is 404 g/mol. The molecule has 3 heteroatoms. The minimum Gasteiger partial charge on any atom is -0.390 e. The maximum Gasteiger partial charge on any atom is 0.0843 e. The average Bonchev–Trinajstić information content (AvgIpc) is 3.17. The molecule has 1 heterocycles. The van der Waals surface area contributed by atoms with E-state index in [0.29, 0.717) is 19.1 Å². The van der Waals surface area contributed by atoms with Crippen LogP contribution in [0.25, 0.3) is 33.3 Å². The first-order valence-corrected chi connectivity index (χ1v) is 12.4. The highest BCUT2D eigenvalue weighted by molar-refractivity contribution is 6.04. The van der Waals surface area contributed by atoms with E-state index < -0.39 is 6.10 Å². The number of benzene rings is 3. The summed E-state index contributed by atoms with van der Waals surface area (Å²) in [5.74, 6) is 0. The highest BCUT2D eigenvalue weighted by Crippen LogP contribution is 2.41. The lowest BCUT2D eigenvalue weighted by Gasteiger charge is -2.25. The summed E-state index contributed by atoms with van der Waals surface area (Å²) >= 11 is 0. The maximum absolute atomic E-state index is 11.1. The Hall–Kier alpha value is -2.88. The van der Waals surface area contributed by atoms with Crippen molar-refractivity contribution < 1.29 is 5.11 Å². The second-order valence-corrected chi connectivity index (χ2v) is 9.48. The molecule has 1 aromatic heterocycles. The second-order valence-electron chi connectivity index (χ2n) is 9.48. The number of hydrogen-bond acceptors (Lipinski definition) is 2. The third-order valence-electron chi connectivity index (χ3n) is 6.97. The summed E-state index contributed by atoms with van der Waals surface area (Å²) in [6, 6.07) is 28.5. The fourth-order valence-electron chi connectivity index (χ4n) is 5.34. The van der Waals surface area contributed by atoms with Crippen molar-refractivity contribution in [3.63, 3.8) is 0 Å². The normalized spacial score (nSPS) is 15.7. The van der Waals surface area contributed by atoms with E-state index in [1.165, 1.54) is 71.0 Å². The van der Waals surface area contributed by atoms with Gasteiger partial charge in [0.15, 0.2) is 0 Å². The number of nitrogens with one attached hydrogen (secondary N) is 1. The molecule has 3 aromatic carbocycles. The Morgan fingerprint density at radius 2 is 1.55 bits per heavy atom. The molecule has 0 unspecified atom stereocenters. The van der Waals surface area contributed by atoms with E-state index in [4.69, 9.17) is 0 Å². The van der Waals surface area contributed by atoms with Crippen molar-refractivity contribution in [1.29, 1.82) is 0 Å². The average molecular weight is 439 g/mol.